The van der Waals surface area contributed by atoms with Crippen LogP contribution in [0.15, 0.2) is 6.07 Å². The Morgan fingerprint density at radius 2 is 0.636 bits per heavy atom. The first-order chi connectivity index (χ1) is 21.8. The minimum Gasteiger partial charge on any atom is -0.238 e. The van der Waals surface area contributed by atoms with Gasteiger partial charge in [0.05, 0.1) is 0 Å². The second-order valence-electron chi connectivity index (χ2n) is 14.1. The normalized spacial score (nSPS) is 11.5. The van der Waals surface area contributed by atoms with Gasteiger partial charge in [0, 0.05) is 17.8 Å². The molecule has 2 heteroatoms. The Bertz CT molecular complexity index is 647. The quantitative estimate of drug-likeness (QED) is 0.0713. The molecule has 1 aromatic rings. The maximum atomic E-state index is 4.96. The highest BCUT2D eigenvalue weighted by molar-refractivity contribution is 5.12. The number of nitrogens with zero attached hydrogens (tertiary/aromatic N) is 2. The summed E-state index contributed by atoms with van der Waals surface area (Å²) in [6.07, 6.45) is 47.9. The standard InChI is InChI=1S/C42H79N2/c1-4-7-10-12-14-16-18-20-22-24-26-28-30-32-34-36-40-39-41(44-42(43-40)38-9-6-3)37-35-33-31-29-27-25-23-21-19-17-15-13-11-8-5-2/h39H,3-38H2,1-2H3. The van der Waals surface area contributed by atoms with E-state index < -0.39 is 0 Å². The minimum atomic E-state index is 0.973. The van der Waals surface area contributed by atoms with Gasteiger partial charge in [-0.2, -0.15) is 0 Å². The molecule has 44 heavy (non-hydrogen) atoms. The fraction of sp³-hybridized carbons (Fsp3) is 0.881. The molecule has 0 N–H and O–H groups in total. The molecule has 0 saturated heterocycles. The molecule has 1 radical (unpaired) electrons. The van der Waals surface area contributed by atoms with Crippen LogP contribution in [0.2, 0.25) is 0 Å². The fourth-order valence-electron chi connectivity index (χ4n) is 6.62. The monoisotopic (exact) mass is 612 g/mol. The summed E-state index contributed by atoms with van der Waals surface area (Å²) in [5.74, 6) is 1.07. The van der Waals surface area contributed by atoms with Crippen LogP contribution in [-0.4, -0.2) is 9.97 Å². The van der Waals surface area contributed by atoms with E-state index in [4.69, 9.17) is 9.97 Å². The number of unbranched alkanes of at least 4 members (excludes halogenated alkanes) is 29. The lowest BCUT2D eigenvalue weighted by atomic mass is 10.0. The van der Waals surface area contributed by atoms with E-state index in [0.29, 0.717) is 0 Å². The van der Waals surface area contributed by atoms with Crippen molar-refractivity contribution in [2.24, 2.45) is 0 Å². The zero-order valence-corrected chi connectivity index (χ0v) is 30.4. The molecule has 0 aromatic carbocycles. The summed E-state index contributed by atoms with van der Waals surface area (Å²) < 4.78 is 0. The van der Waals surface area contributed by atoms with Crippen LogP contribution in [0.1, 0.15) is 237 Å². The third-order valence-electron chi connectivity index (χ3n) is 9.60. The zero-order chi connectivity index (χ0) is 31.6. The summed E-state index contributed by atoms with van der Waals surface area (Å²) in [7, 11) is 0. The van der Waals surface area contributed by atoms with E-state index in [2.05, 4.69) is 26.8 Å². The van der Waals surface area contributed by atoms with Gasteiger partial charge in [0.2, 0.25) is 0 Å². The number of rotatable bonds is 35. The van der Waals surface area contributed by atoms with Gasteiger partial charge < -0.3 is 0 Å². The van der Waals surface area contributed by atoms with Crippen molar-refractivity contribution in [1.29, 1.82) is 0 Å². The highest BCUT2D eigenvalue weighted by Gasteiger charge is 2.06. The first-order valence-corrected chi connectivity index (χ1v) is 20.4. The summed E-state index contributed by atoms with van der Waals surface area (Å²) in [6, 6.07) is 2.33. The topological polar surface area (TPSA) is 25.8 Å². The van der Waals surface area contributed by atoms with Gasteiger partial charge in [0.15, 0.2) is 0 Å². The molecule has 0 aliphatic rings. The molecule has 0 saturated carbocycles. The second-order valence-corrected chi connectivity index (χ2v) is 14.1. The molecule has 1 rings (SSSR count). The molecule has 0 amide bonds. The third-order valence-corrected chi connectivity index (χ3v) is 9.60. The average molecular weight is 612 g/mol. The van der Waals surface area contributed by atoms with Crippen molar-refractivity contribution in [1.82, 2.24) is 9.97 Å². The lowest BCUT2D eigenvalue weighted by Gasteiger charge is -2.09. The van der Waals surface area contributed by atoms with Crippen molar-refractivity contribution in [3.8, 4) is 0 Å². The lowest BCUT2D eigenvalue weighted by Crippen LogP contribution is -2.04. The molecule has 0 unspecified atom stereocenters. The van der Waals surface area contributed by atoms with Crippen molar-refractivity contribution in [2.45, 2.75) is 239 Å². The molecule has 257 valence electrons. The zero-order valence-electron chi connectivity index (χ0n) is 30.4. The highest BCUT2D eigenvalue weighted by atomic mass is 14.9. The Kier molecular flexibility index (Phi) is 31.2. The van der Waals surface area contributed by atoms with Crippen molar-refractivity contribution in [3.05, 3.63) is 30.2 Å². The number of aromatic nitrogens is 2. The van der Waals surface area contributed by atoms with E-state index in [9.17, 15) is 0 Å². The summed E-state index contributed by atoms with van der Waals surface area (Å²) in [5, 5.41) is 0. The van der Waals surface area contributed by atoms with Gasteiger partial charge in [-0.05, 0) is 38.2 Å². The SMILES string of the molecule is [CH2]CCCc1nc(CCCCCCCCCCCCCCCCC)cc(CCCCCCCCCCCCCCCCC)n1. The predicted molar refractivity (Wildman–Crippen MR) is 198 cm³/mol. The maximum Gasteiger partial charge on any atom is 0.128 e. The van der Waals surface area contributed by atoms with Crippen LogP contribution in [-0.2, 0) is 19.3 Å². The van der Waals surface area contributed by atoms with Crippen LogP contribution in [0.5, 0.6) is 0 Å². The van der Waals surface area contributed by atoms with Crippen molar-refractivity contribution in [2.75, 3.05) is 0 Å². The molecule has 0 bridgehead atoms. The Hall–Kier alpha value is -0.920. The fourth-order valence-corrected chi connectivity index (χ4v) is 6.62. The van der Waals surface area contributed by atoms with Crippen molar-refractivity contribution >= 4 is 0 Å². The van der Waals surface area contributed by atoms with E-state index in [1.54, 1.807) is 0 Å². The number of aryl methyl sites for hydroxylation is 3. The van der Waals surface area contributed by atoms with Gasteiger partial charge >= 0.3 is 0 Å². The summed E-state index contributed by atoms with van der Waals surface area (Å²) in [5.41, 5.74) is 2.59. The van der Waals surface area contributed by atoms with Crippen molar-refractivity contribution in [3.63, 3.8) is 0 Å². The van der Waals surface area contributed by atoms with Gasteiger partial charge in [-0.25, -0.2) is 9.97 Å². The first-order valence-electron chi connectivity index (χ1n) is 20.4. The maximum absolute atomic E-state index is 4.96. The van der Waals surface area contributed by atoms with Crippen LogP contribution in [0.4, 0.5) is 0 Å². The van der Waals surface area contributed by atoms with Gasteiger partial charge in [0.25, 0.3) is 0 Å². The van der Waals surface area contributed by atoms with Crippen molar-refractivity contribution < 1.29 is 0 Å². The molecule has 0 aliphatic carbocycles. The Morgan fingerprint density at radius 3 is 0.909 bits per heavy atom. The Labute approximate surface area is 278 Å². The molecule has 1 aromatic heterocycles. The van der Waals surface area contributed by atoms with Crippen LogP contribution < -0.4 is 0 Å². The molecule has 0 aliphatic heterocycles. The van der Waals surface area contributed by atoms with Gasteiger partial charge in [-0.3, -0.25) is 0 Å². The summed E-state index contributed by atoms with van der Waals surface area (Å²) in [6.45, 7) is 8.64. The van der Waals surface area contributed by atoms with E-state index in [1.165, 1.54) is 204 Å². The smallest absolute Gasteiger partial charge is 0.128 e. The predicted octanol–water partition coefficient (Wildman–Crippen LogP) is 14.5. The van der Waals surface area contributed by atoms with E-state index in [-0.39, 0.29) is 0 Å². The highest BCUT2D eigenvalue weighted by Crippen LogP contribution is 2.17. The first kappa shape index (κ1) is 41.1. The molecule has 1 heterocycles. The van der Waals surface area contributed by atoms with E-state index in [1.807, 2.05) is 0 Å². The molecular formula is C42H79N2. The Morgan fingerprint density at radius 1 is 0.364 bits per heavy atom. The average Bonchev–Trinajstić information content (AvgIpc) is 3.03. The van der Waals surface area contributed by atoms with Crippen LogP contribution in [0, 0.1) is 6.92 Å². The van der Waals surface area contributed by atoms with Crippen LogP contribution in [0.3, 0.4) is 0 Å². The lowest BCUT2D eigenvalue weighted by molar-refractivity contribution is 0.531. The van der Waals surface area contributed by atoms with Crippen LogP contribution >= 0.6 is 0 Å². The number of hydrogen-bond acceptors (Lipinski definition) is 2. The van der Waals surface area contributed by atoms with E-state index >= 15 is 0 Å². The largest absolute Gasteiger partial charge is 0.238 e. The number of hydrogen-bond donors (Lipinski definition) is 0. The van der Waals surface area contributed by atoms with E-state index in [0.717, 1.165) is 37.9 Å². The second kappa shape index (κ2) is 33.4. The minimum absolute atomic E-state index is 0.973. The molecule has 0 atom stereocenters. The third kappa shape index (κ3) is 27.4. The summed E-state index contributed by atoms with van der Waals surface area (Å²) >= 11 is 0. The summed E-state index contributed by atoms with van der Waals surface area (Å²) in [4.78, 5) is 9.91. The molecule has 0 spiro atoms. The molecule has 0 fully saturated rings. The molecular weight excluding hydrogens is 532 g/mol. The van der Waals surface area contributed by atoms with Gasteiger partial charge in [0.1, 0.15) is 5.82 Å². The van der Waals surface area contributed by atoms with Gasteiger partial charge in [-0.15, -0.1) is 0 Å². The van der Waals surface area contributed by atoms with Crippen LogP contribution in [0.25, 0.3) is 0 Å². The Balaban J connectivity index is 2.09. The van der Waals surface area contributed by atoms with Gasteiger partial charge in [-0.1, -0.05) is 207 Å². The molecule has 2 nitrogen and oxygen atoms in total.